The molecule has 1 aromatic heterocycles. The molecule has 2 heteroatoms. The Balaban J connectivity index is 1.87. The Morgan fingerprint density at radius 3 is 2.36 bits per heavy atom. The van der Waals surface area contributed by atoms with Crippen molar-refractivity contribution in [3.8, 4) is 17.1 Å². The molecular formula is C20H15O2+. The third-order valence-electron chi connectivity index (χ3n) is 3.89. The molecule has 0 fully saturated rings. The minimum atomic E-state index is 0.798. The van der Waals surface area contributed by atoms with Gasteiger partial charge in [-0.1, -0.05) is 30.3 Å². The van der Waals surface area contributed by atoms with Gasteiger partial charge in [-0.3, -0.25) is 0 Å². The average Bonchev–Trinajstić information content (AvgIpc) is 2.60. The van der Waals surface area contributed by atoms with E-state index < -0.39 is 0 Å². The van der Waals surface area contributed by atoms with Crippen LogP contribution in [0.15, 0.2) is 77.2 Å². The van der Waals surface area contributed by atoms with Gasteiger partial charge in [0.15, 0.2) is 0 Å². The normalized spacial score (nSPS) is 11.0. The van der Waals surface area contributed by atoms with E-state index in [1.54, 1.807) is 7.11 Å². The highest BCUT2D eigenvalue weighted by molar-refractivity contribution is 5.87. The molecule has 0 aliphatic rings. The molecule has 3 aromatic carbocycles. The van der Waals surface area contributed by atoms with Gasteiger partial charge in [-0.25, -0.2) is 4.42 Å². The zero-order valence-electron chi connectivity index (χ0n) is 12.2. The van der Waals surface area contributed by atoms with Gasteiger partial charge in [0.2, 0.25) is 0 Å². The van der Waals surface area contributed by atoms with Gasteiger partial charge >= 0.3 is 11.3 Å². The number of methoxy groups -OCH3 is 1. The van der Waals surface area contributed by atoms with E-state index in [-0.39, 0.29) is 0 Å². The van der Waals surface area contributed by atoms with Crippen molar-refractivity contribution in [3.63, 3.8) is 0 Å². The second-order valence-corrected chi connectivity index (χ2v) is 5.27. The summed E-state index contributed by atoms with van der Waals surface area (Å²) in [6.07, 6.45) is 0. The van der Waals surface area contributed by atoms with Gasteiger partial charge in [0, 0.05) is 6.07 Å². The van der Waals surface area contributed by atoms with Crippen molar-refractivity contribution >= 4 is 21.7 Å². The molecular weight excluding hydrogens is 272 g/mol. The molecule has 106 valence electrons. The Morgan fingerprint density at radius 2 is 1.50 bits per heavy atom. The number of ether oxygens (including phenoxy) is 1. The van der Waals surface area contributed by atoms with E-state index in [9.17, 15) is 0 Å². The lowest BCUT2D eigenvalue weighted by molar-refractivity contribution is 0.414. The number of benzene rings is 3. The molecule has 0 saturated heterocycles. The zero-order valence-corrected chi connectivity index (χ0v) is 12.2. The van der Waals surface area contributed by atoms with E-state index in [2.05, 4.69) is 48.5 Å². The van der Waals surface area contributed by atoms with E-state index in [0.29, 0.717) is 0 Å². The smallest absolute Gasteiger partial charge is 0.364 e. The van der Waals surface area contributed by atoms with Crippen LogP contribution in [0.25, 0.3) is 33.1 Å². The van der Waals surface area contributed by atoms with Crippen molar-refractivity contribution in [3.05, 3.63) is 72.8 Å². The second-order valence-electron chi connectivity index (χ2n) is 5.27. The van der Waals surface area contributed by atoms with Crippen LogP contribution < -0.4 is 4.74 Å². The lowest BCUT2D eigenvalue weighted by atomic mass is 10.1. The first kappa shape index (κ1) is 12.8. The van der Waals surface area contributed by atoms with Gasteiger partial charge in [-0.05, 0) is 41.1 Å². The summed E-state index contributed by atoms with van der Waals surface area (Å²) in [5, 5.41) is 3.50. The Hall–Kier alpha value is -2.87. The molecule has 0 bridgehead atoms. The van der Waals surface area contributed by atoms with Crippen molar-refractivity contribution in [2.45, 2.75) is 0 Å². The first-order chi connectivity index (χ1) is 10.8. The molecule has 0 saturated carbocycles. The number of rotatable bonds is 2. The van der Waals surface area contributed by atoms with E-state index in [1.807, 2.05) is 24.3 Å². The zero-order chi connectivity index (χ0) is 14.9. The van der Waals surface area contributed by atoms with Crippen LogP contribution in [0, 0.1) is 0 Å². The number of fused-ring (bicyclic) bond motifs is 2. The first-order valence-electron chi connectivity index (χ1n) is 7.23. The summed E-state index contributed by atoms with van der Waals surface area (Å²) in [6, 6.07) is 24.6. The van der Waals surface area contributed by atoms with Crippen LogP contribution in [0.4, 0.5) is 0 Å². The quantitative estimate of drug-likeness (QED) is 0.451. The second kappa shape index (κ2) is 5.15. The Labute approximate surface area is 128 Å². The molecule has 2 nitrogen and oxygen atoms in total. The summed E-state index contributed by atoms with van der Waals surface area (Å²) in [5.41, 5.74) is 1.90. The van der Waals surface area contributed by atoms with Crippen molar-refractivity contribution in [2.75, 3.05) is 7.11 Å². The predicted octanol–water partition coefficient (Wildman–Crippen LogP) is 5.54. The maximum Gasteiger partial charge on any atom is 0.364 e. The molecule has 4 rings (SSSR count). The van der Waals surface area contributed by atoms with Gasteiger partial charge in [-0.15, -0.1) is 0 Å². The van der Waals surface area contributed by atoms with Gasteiger partial charge in [0.05, 0.1) is 24.1 Å². The summed E-state index contributed by atoms with van der Waals surface area (Å²) < 4.78 is 11.3. The van der Waals surface area contributed by atoms with E-state index in [0.717, 1.165) is 28.0 Å². The average molecular weight is 287 g/mol. The molecule has 0 radical (unpaired) electrons. The number of hydrogen-bond donors (Lipinski definition) is 0. The summed E-state index contributed by atoms with van der Waals surface area (Å²) in [6.45, 7) is 0. The minimum absolute atomic E-state index is 0.798. The van der Waals surface area contributed by atoms with E-state index in [1.165, 1.54) is 10.8 Å². The van der Waals surface area contributed by atoms with Gasteiger partial charge in [0.25, 0.3) is 0 Å². The minimum Gasteiger partial charge on any atom is -0.496 e. The molecule has 4 aromatic rings. The maximum absolute atomic E-state index is 6.06. The highest BCUT2D eigenvalue weighted by Crippen LogP contribution is 2.29. The highest BCUT2D eigenvalue weighted by Gasteiger charge is 2.15. The molecule has 0 aliphatic carbocycles. The molecule has 1 heterocycles. The van der Waals surface area contributed by atoms with Crippen LogP contribution >= 0.6 is 0 Å². The third-order valence-corrected chi connectivity index (χ3v) is 3.89. The largest absolute Gasteiger partial charge is 0.496 e. The molecule has 0 aliphatic heterocycles. The van der Waals surface area contributed by atoms with Crippen LogP contribution in [0.2, 0.25) is 0 Å². The third kappa shape index (κ3) is 2.19. The summed E-state index contributed by atoms with van der Waals surface area (Å²) in [7, 11) is 1.66. The topological polar surface area (TPSA) is 20.5 Å². The maximum atomic E-state index is 6.06. The van der Waals surface area contributed by atoms with Gasteiger partial charge in [0.1, 0.15) is 5.75 Å². The molecule has 0 spiro atoms. The van der Waals surface area contributed by atoms with Crippen LogP contribution in [-0.4, -0.2) is 7.11 Å². The van der Waals surface area contributed by atoms with Crippen molar-refractivity contribution in [1.29, 1.82) is 0 Å². The van der Waals surface area contributed by atoms with E-state index >= 15 is 0 Å². The van der Waals surface area contributed by atoms with Gasteiger partial charge in [-0.2, -0.15) is 0 Å². The lowest BCUT2D eigenvalue weighted by Gasteiger charge is -1.99. The van der Waals surface area contributed by atoms with Crippen LogP contribution in [0.1, 0.15) is 0 Å². The Kier molecular flexibility index (Phi) is 3.01. The molecule has 0 N–H and O–H groups in total. The Morgan fingerprint density at radius 1 is 0.727 bits per heavy atom. The molecule has 0 unspecified atom stereocenters. The molecule has 22 heavy (non-hydrogen) atoms. The van der Waals surface area contributed by atoms with E-state index in [4.69, 9.17) is 9.15 Å². The monoisotopic (exact) mass is 287 g/mol. The number of hydrogen-bond acceptors (Lipinski definition) is 1. The Bertz CT molecular complexity index is 973. The standard InChI is InChI=1S/C20H15O2/c1-21-18-10-8-15-9-11-19(22-20(15)13-18)17-7-6-14-4-2-3-5-16(14)12-17/h2-13H,1H3/q+1. The molecule has 0 amide bonds. The first-order valence-corrected chi connectivity index (χ1v) is 7.23. The fourth-order valence-corrected chi connectivity index (χ4v) is 2.68. The van der Waals surface area contributed by atoms with Crippen LogP contribution in [-0.2, 0) is 0 Å². The fraction of sp³-hybridized carbons (Fsp3) is 0.0500. The lowest BCUT2D eigenvalue weighted by Crippen LogP contribution is -1.84. The SMILES string of the molecule is COc1ccc2ccc(-c3ccc4ccccc4c3)[o+]c2c1. The predicted molar refractivity (Wildman–Crippen MR) is 90.1 cm³/mol. The van der Waals surface area contributed by atoms with Crippen molar-refractivity contribution in [2.24, 2.45) is 0 Å². The fourth-order valence-electron chi connectivity index (χ4n) is 2.68. The molecule has 0 atom stereocenters. The van der Waals surface area contributed by atoms with Gasteiger partial charge < -0.3 is 4.74 Å². The van der Waals surface area contributed by atoms with Crippen LogP contribution in [0.3, 0.4) is 0 Å². The highest BCUT2D eigenvalue weighted by atomic mass is 16.5. The summed E-state index contributed by atoms with van der Waals surface area (Å²) in [5.74, 6) is 1.65. The summed E-state index contributed by atoms with van der Waals surface area (Å²) >= 11 is 0. The van der Waals surface area contributed by atoms with Crippen LogP contribution in [0.5, 0.6) is 5.75 Å². The summed E-state index contributed by atoms with van der Waals surface area (Å²) in [4.78, 5) is 0. The van der Waals surface area contributed by atoms with Crippen molar-refractivity contribution < 1.29 is 9.15 Å². The van der Waals surface area contributed by atoms with Crippen molar-refractivity contribution in [1.82, 2.24) is 0 Å².